The van der Waals surface area contributed by atoms with E-state index in [1.54, 1.807) is 18.2 Å². The van der Waals surface area contributed by atoms with Gasteiger partial charge in [-0.1, -0.05) is 6.07 Å². The van der Waals surface area contributed by atoms with E-state index in [1.807, 2.05) is 6.92 Å². The van der Waals surface area contributed by atoms with Crippen molar-refractivity contribution in [2.24, 2.45) is 5.73 Å². The van der Waals surface area contributed by atoms with Gasteiger partial charge in [-0.05, 0) is 37.5 Å². The van der Waals surface area contributed by atoms with Gasteiger partial charge in [-0.25, -0.2) is 9.97 Å². The van der Waals surface area contributed by atoms with Gasteiger partial charge in [0.05, 0.1) is 11.4 Å². The fourth-order valence-corrected chi connectivity index (χ4v) is 2.88. The van der Waals surface area contributed by atoms with Gasteiger partial charge in [0, 0.05) is 24.7 Å². The van der Waals surface area contributed by atoms with Crippen molar-refractivity contribution in [2.75, 3.05) is 18.9 Å². The number of phenolic OH excluding ortho intramolecular Hbond substituents is 1. The lowest BCUT2D eigenvalue weighted by molar-refractivity contribution is 0.0835. The van der Waals surface area contributed by atoms with Crippen molar-refractivity contribution in [1.29, 1.82) is 0 Å². The number of aryl methyl sites for hydroxylation is 1. The average molecular weight is 328 g/mol. The first-order valence-corrected chi connectivity index (χ1v) is 7.82. The molecule has 0 aliphatic carbocycles. The average Bonchev–Trinajstić information content (AvgIpc) is 2.58. The Balaban J connectivity index is 2.18. The molecule has 0 bridgehead atoms. The summed E-state index contributed by atoms with van der Waals surface area (Å²) in [5.41, 5.74) is 13.7. The minimum Gasteiger partial charge on any atom is -0.508 e. The molecule has 0 unspecified atom stereocenters. The maximum Gasteiger partial charge on any atom is 0.269 e. The van der Waals surface area contributed by atoms with Crippen molar-refractivity contribution >= 4 is 11.6 Å². The zero-order valence-corrected chi connectivity index (χ0v) is 13.5. The van der Waals surface area contributed by atoms with Crippen LogP contribution in [0, 0.1) is 6.92 Å². The quantitative estimate of drug-likeness (QED) is 0.788. The lowest BCUT2D eigenvalue weighted by Crippen LogP contribution is -2.22. The summed E-state index contributed by atoms with van der Waals surface area (Å²) in [5, 5.41) is 9.79. The Hall–Kier alpha value is -2.67. The van der Waals surface area contributed by atoms with Crippen LogP contribution in [-0.4, -0.2) is 34.2 Å². The Kier molecular flexibility index (Phi) is 4.35. The molecule has 1 amide bonds. The van der Waals surface area contributed by atoms with Crippen LogP contribution in [0.1, 0.15) is 40.6 Å². The summed E-state index contributed by atoms with van der Waals surface area (Å²) in [6.45, 7) is 3.14. The third-order valence-electron chi connectivity index (χ3n) is 4.26. The molecule has 0 radical (unpaired) electrons. The van der Waals surface area contributed by atoms with Gasteiger partial charge in [0.25, 0.3) is 5.91 Å². The van der Waals surface area contributed by atoms with Crippen LogP contribution < -0.4 is 11.5 Å². The number of nitrogens with zero attached hydrogens (tertiary/aromatic N) is 2. The Morgan fingerprint density at radius 3 is 2.67 bits per heavy atom. The van der Waals surface area contributed by atoms with Crippen molar-refractivity contribution in [2.45, 2.75) is 25.7 Å². The van der Waals surface area contributed by atoms with Crippen LogP contribution >= 0.6 is 0 Å². The first kappa shape index (κ1) is 16.2. The number of nitrogen functional groups attached to an aromatic ring is 1. The fourth-order valence-electron chi connectivity index (χ4n) is 2.88. The molecule has 0 saturated carbocycles. The number of carbonyl (C=O) groups excluding carboxylic acids is 1. The van der Waals surface area contributed by atoms with E-state index >= 15 is 0 Å². The van der Waals surface area contributed by atoms with Gasteiger partial charge in [-0.15, -0.1) is 0 Å². The summed E-state index contributed by atoms with van der Waals surface area (Å²) < 4.78 is 5.37. The van der Waals surface area contributed by atoms with Crippen LogP contribution in [0.3, 0.4) is 0 Å². The second kappa shape index (κ2) is 6.45. The van der Waals surface area contributed by atoms with Crippen LogP contribution in [0.4, 0.5) is 5.69 Å². The van der Waals surface area contributed by atoms with Gasteiger partial charge in [0.2, 0.25) is 0 Å². The molecule has 1 aromatic heterocycles. The summed E-state index contributed by atoms with van der Waals surface area (Å²) in [6.07, 6.45) is 1.56. The lowest BCUT2D eigenvalue weighted by Gasteiger charge is -2.22. The maximum absolute atomic E-state index is 11.8. The van der Waals surface area contributed by atoms with Gasteiger partial charge < -0.3 is 21.3 Å². The highest BCUT2D eigenvalue weighted by atomic mass is 16.5. The van der Waals surface area contributed by atoms with Crippen molar-refractivity contribution in [3.05, 3.63) is 35.3 Å². The van der Waals surface area contributed by atoms with Crippen LogP contribution in [0.15, 0.2) is 18.2 Å². The standard InChI is InChI=1S/C17H20N4O3/c1-9-2-3-11(22)8-12(9)14-13(18)15(16(19)23)21-17(20-14)10-4-6-24-7-5-10/h2-3,8,10,22H,4-7,18H2,1H3,(H2,19,23). The van der Waals surface area contributed by atoms with E-state index in [-0.39, 0.29) is 23.0 Å². The molecular formula is C17H20N4O3. The smallest absolute Gasteiger partial charge is 0.269 e. The van der Waals surface area contributed by atoms with E-state index in [0.717, 1.165) is 18.4 Å². The molecule has 2 aromatic rings. The normalized spacial score (nSPS) is 15.4. The summed E-state index contributed by atoms with van der Waals surface area (Å²) >= 11 is 0. The first-order valence-electron chi connectivity index (χ1n) is 7.82. The Morgan fingerprint density at radius 2 is 2.00 bits per heavy atom. The number of carbonyl (C=O) groups is 1. The monoisotopic (exact) mass is 328 g/mol. The molecule has 5 N–H and O–H groups in total. The minimum absolute atomic E-state index is 0.0178. The molecule has 24 heavy (non-hydrogen) atoms. The summed E-state index contributed by atoms with van der Waals surface area (Å²) in [7, 11) is 0. The molecule has 1 aromatic carbocycles. The molecule has 0 spiro atoms. The number of phenols is 1. The highest BCUT2D eigenvalue weighted by Crippen LogP contribution is 2.34. The Bertz CT molecular complexity index is 786. The van der Waals surface area contributed by atoms with Crippen LogP contribution in [-0.2, 0) is 4.74 Å². The maximum atomic E-state index is 11.8. The predicted molar refractivity (Wildman–Crippen MR) is 89.6 cm³/mol. The molecule has 7 heteroatoms. The molecule has 0 atom stereocenters. The number of hydrogen-bond donors (Lipinski definition) is 3. The van der Waals surface area contributed by atoms with E-state index in [2.05, 4.69) is 9.97 Å². The molecule has 126 valence electrons. The topological polar surface area (TPSA) is 124 Å². The summed E-state index contributed by atoms with van der Waals surface area (Å²) in [4.78, 5) is 20.7. The van der Waals surface area contributed by atoms with E-state index < -0.39 is 5.91 Å². The highest BCUT2D eigenvalue weighted by Gasteiger charge is 2.24. The second-order valence-electron chi connectivity index (χ2n) is 5.94. The summed E-state index contributed by atoms with van der Waals surface area (Å²) in [6, 6.07) is 4.93. The fraction of sp³-hybridized carbons (Fsp3) is 0.353. The SMILES string of the molecule is Cc1ccc(O)cc1-c1nc(C2CCOCC2)nc(C(N)=O)c1N. The van der Waals surface area contributed by atoms with Crippen molar-refractivity contribution in [3.63, 3.8) is 0 Å². The van der Waals surface area contributed by atoms with Crippen LogP contribution in [0.25, 0.3) is 11.3 Å². The van der Waals surface area contributed by atoms with Crippen molar-refractivity contribution in [1.82, 2.24) is 9.97 Å². The molecule has 7 nitrogen and oxygen atoms in total. The number of aromatic nitrogens is 2. The van der Waals surface area contributed by atoms with E-state index in [1.165, 1.54) is 0 Å². The third-order valence-corrected chi connectivity index (χ3v) is 4.26. The zero-order valence-electron chi connectivity index (χ0n) is 13.5. The minimum atomic E-state index is -0.692. The molecule has 1 saturated heterocycles. The highest BCUT2D eigenvalue weighted by molar-refractivity contribution is 5.99. The van der Waals surface area contributed by atoms with Gasteiger partial charge >= 0.3 is 0 Å². The Morgan fingerprint density at radius 1 is 1.29 bits per heavy atom. The predicted octanol–water partition coefficient (Wildman–Crippen LogP) is 1.73. The van der Waals surface area contributed by atoms with Crippen molar-refractivity contribution < 1.29 is 14.6 Å². The summed E-state index contributed by atoms with van der Waals surface area (Å²) in [5.74, 6) is 0.0389. The number of benzene rings is 1. The number of rotatable bonds is 3. The number of nitrogens with two attached hydrogens (primary N) is 2. The molecule has 2 heterocycles. The number of primary amides is 1. The number of aromatic hydroxyl groups is 1. The number of hydrogen-bond acceptors (Lipinski definition) is 6. The van der Waals surface area contributed by atoms with Gasteiger partial charge in [0.1, 0.15) is 11.6 Å². The molecule has 1 fully saturated rings. The molecule has 3 rings (SSSR count). The zero-order chi connectivity index (χ0) is 17.3. The number of ether oxygens (including phenoxy) is 1. The van der Waals surface area contributed by atoms with Crippen LogP contribution in [0.5, 0.6) is 5.75 Å². The lowest BCUT2D eigenvalue weighted by atomic mass is 9.97. The van der Waals surface area contributed by atoms with Gasteiger partial charge in [0.15, 0.2) is 5.69 Å². The van der Waals surface area contributed by atoms with Gasteiger partial charge in [-0.3, -0.25) is 4.79 Å². The third kappa shape index (κ3) is 3.03. The molecular weight excluding hydrogens is 308 g/mol. The molecule has 1 aliphatic rings. The largest absolute Gasteiger partial charge is 0.508 e. The number of anilines is 1. The number of amides is 1. The second-order valence-corrected chi connectivity index (χ2v) is 5.94. The van der Waals surface area contributed by atoms with E-state index in [9.17, 15) is 9.90 Å². The van der Waals surface area contributed by atoms with Crippen LogP contribution in [0.2, 0.25) is 0 Å². The Labute approximate surface area is 139 Å². The van der Waals surface area contributed by atoms with Crippen molar-refractivity contribution in [3.8, 4) is 17.0 Å². The van der Waals surface area contributed by atoms with E-state index in [0.29, 0.717) is 30.3 Å². The first-order chi connectivity index (χ1) is 11.5. The van der Waals surface area contributed by atoms with Gasteiger partial charge in [-0.2, -0.15) is 0 Å². The van der Waals surface area contributed by atoms with E-state index in [4.69, 9.17) is 16.2 Å². The molecule has 1 aliphatic heterocycles.